The number of hydrogen-bond acceptors (Lipinski definition) is 5. The molecule has 2 fully saturated rings. The molecule has 0 aliphatic carbocycles. The molecule has 0 aromatic carbocycles. The van der Waals surface area contributed by atoms with Crippen LogP contribution in [0.5, 0.6) is 5.88 Å². The van der Waals surface area contributed by atoms with Gasteiger partial charge in [0.05, 0.1) is 12.0 Å². The van der Waals surface area contributed by atoms with Crippen molar-refractivity contribution in [3.8, 4) is 5.88 Å². The summed E-state index contributed by atoms with van der Waals surface area (Å²) in [6.07, 6.45) is 2.63. The minimum Gasteiger partial charge on any atom is -0.477 e. The predicted molar refractivity (Wildman–Crippen MR) is 97.6 cm³/mol. The van der Waals surface area contributed by atoms with Crippen LogP contribution >= 0.6 is 11.3 Å². The standard InChI is InChI=1S/C19H23N3O2S/c1-14-5-6-16(25-14)11-22-9-7-19(13-22)15(10-21-18(19)23)12-24-17-4-2-3-8-20-17/h2-6,8,15H,7,9-13H2,1H3,(H,21,23)/t15-,19+/m1/s1. The summed E-state index contributed by atoms with van der Waals surface area (Å²) in [6.45, 7) is 6.06. The molecule has 0 unspecified atom stereocenters. The van der Waals surface area contributed by atoms with E-state index < -0.39 is 0 Å². The van der Waals surface area contributed by atoms with Gasteiger partial charge in [-0.05, 0) is 38.1 Å². The van der Waals surface area contributed by atoms with E-state index in [2.05, 4.69) is 34.3 Å². The molecule has 2 saturated heterocycles. The third-order valence-corrected chi connectivity index (χ3v) is 6.35. The Balaban J connectivity index is 1.42. The average Bonchev–Trinajstić information content (AvgIpc) is 3.30. The Morgan fingerprint density at radius 3 is 3.08 bits per heavy atom. The molecule has 1 amide bonds. The SMILES string of the molecule is Cc1ccc(CN2CC[C@@]3(C2)C(=O)NC[C@@H]3COc2ccccn2)s1. The van der Waals surface area contributed by atoms with Crippen LogP contribution in [0.2, 0.25) is 0 Å². The van der Waals surface area contributed by atoms with Crippen molar-refractivity contribution in [3.05, 3.63) is 46.3 Å². The van der Waals surface area contributed by atoms with E-state index >= 15 is 0 Å². The minimum atomic E-state index is -0.318. The van der Waals surface area contributed by atoms with Gasteiger partial charge < -0.3 is 10.1 Å². The highest BCUT2D eigenvalue weighted by Crippen LogP contribution is 2.42. The Kier molecular flexibility index (Phi) is 4.48. The molecule has 0 saturated carbocycles. The van der Waals surface area contributed by atoms with Gasteiger partial charge in [0.1, 0.15) is 0 Å². The fraction of sp³-hybridized carbons (Fsp3) is 0.474. The zero-order valence-electron chi connectivity index (χ0n) is 14.4. The number of aryl methyl sites for hydroxylation is 1. The molecule has 0 radical (unpaired) electrons. The second-order valence-electron chi connectivity index (χ2n) is 7.02. The Hall–Kier alpha value is -1.92. The van der Waals surface area contributed by atoms with Crippen molar-refractivity contribution in [1.29, 1.82) is 0 Å². The predicted octanol–water partition coefficient (Wildman–Crippen LogP) is 2.47. The van der Waals surface area contributed by atoms with Crippen LogP contribution in [0.25, 0.3) is 0 Å². The van der Waals surface area contributed by atoms with Crippen molar-refractivity contribution in [2.45, 2.75) is 19.9 Å². The van der Waals surface area contributed by atoms with Gasteiger partial charge in [0.25, 0.3) is 0 Å². The number of amides is 1. The molecule has 5 nitrogen and oxygen atoms in total. The second kappa shape index (κ2) is 6.77. The van der Waals surface area contributed by atoms with Crippen molar-refractivity contribution in [2.24, 2.45) is 11.3 Å². The molecule has 0 bridgehead atoms. The average molecular weight is 357 g/mol. The first-order valence-corrected chi connectivity index (χ1v) is 9.57. The van der Waals surface area contributed by atoms with E-state index in [1.54, 1.807) is 6.20 Å². The Bertz CT molecular complexity index is 748. The topological polar surface area (TPSA) is 54.5 Å². The van der Waals surface area contributed by atoms with E-state index in [4.69, 9.17) is 4.74 Å². The fourth-order valence-corrected chi connectivity index (χ4v) is 4.90. The van der Waals surface area contributed by atoms with Gasteiger partial charge in [-0.1, -0.05) is 6.07 Å². The molecule has 2 atom stereocenters. The van der Waals surface area contributed by atoms with Crippen molar-refractivity contribution >= 4 is 17.2 Å². The molecule has 4 rings (SSSR count). The van der Waals surface area contributed by atoms with Gasteiger partial charge in [0, 0.05) is 47.6 Å². The lowest BCUT2D eigenvalue weighted by atomic mass is 9.77. The number of ether oxygens (including phenoxy) is 1. The number of thiophene rings is 1. The summed E-state index contributed by atoms with van der Waals surface area (Å²) in [4.78, 5) is 21.9. The van der Waals surface area contributed by atoms with Gasteiger partial charge in [0.15, 0.2) is 0 Å². The van der Waals surface area contributed by atoms with E-state index in [-0.39, 0.29) is 17.2 Å². The van der Waals surface area contributed by atoms with Crippen molar-refractivity contribution < 1.29 is 9.53 Å². The zero-order chi connectivity index (χ0) is 17.3. The maximum absolute atomic E-state index is 12.6. The third kappa shape index (κ3) is 3.28. The van der Waals surface area contributed by atoms with Crippen LogP contribution < -0.4 is 10.1 Å². The number of aromatic nitrogens is 1. The number of rotatable bonds is 5. The first-order valence-electron chi connectivity index (χ1n) is 8.75. The molecular formula is C19H23N3O2S. The molecule has 1 spiro atoms. The largest absolute Gasteiger partial charge is 0.477 e. The van der Waals surface area contributed by atoms with Gasteiger partial charge in [-0.3, -0.25) is 9.69 Å². The summed E-state index contributed by atoms with van der Waals surface area (Å²) >= 11 is 1.84. The Morgan fingerprint density at radius 2 is 2.32 bits per heavy atom. The zero-order valence-corrected chi connectivity index (χ0v) is 15.2. The van der Waals surface area contributed by atoms with Gasteiger partial charge in [-0.15, -0.1) is 11.3 Å². The quantitative estimate of drug-likeness (QED) is 0.893. The molecule has 6 heteroatoms. The highest BCUT2D eigenvalue weighted by molar-refractivity contribution is 7.11. The molecule has 1 N–H and O–H groups in total. The lowest BCUT2D eigenvalue weighted by Crippen LogP contribution is -2.40. The van der Waals surface area contributed by atoms with E-state index in [0.29, 0.717) is 19.0 Å². The lowest BCUT2D eigenvalue weighted by Gasteiger charge is -2.28. The van der Waals surface area contributed by atoms with Crippen LogP contribution in [-0.4, -0.2) is 42.0 Å². The number of nitrogens with zero attached hydrogens (tertiary/aromatic N) is 2. The highest BCUT2D eigenvalue weighted by Gasteiger charge is 2.54. The van der Waals surface area contributed by atoms with Crippen molar-refractivity contribution in [3.63, 3.8) is 0 Å². The summed E-state index contributed by atoms with van der Waals surface area (Å²) in [5.74, 6) is 1.00. The normalized spacial score (nSPS) is 26.3. The second-order valence-corrected chi connectivity index (χ2v) is 8.39. The number of hydrogen-bond donors (Lipinski definition) is 1. The van der Waals surface area contributed by atoms with Crippen molar-refractivity contribution in [1.82, 2.24) is 15.2 Å². The van der Waals surface area contributed by atoms with Crippen LogP contribution in [0.3, 0.4) is 0 Å². The van der Waals surface area contributed by atoms with E-state index in [1.165, 1.54) is 9.75 Å². The summed E-state index contributed by atoms with van der Waals surface area (Å²) in [7, 11) is 0. The Labute approximate surface area is 152 Å². The summed E-state index contributed by atoms with van der Waals surface area (Å²) in [5.41, 5.74) is -0.318. The summed E-state index contributed by atoms with van der Waals surface area (Å²) < 4.78 is 5.86. The van der Waals surface area contributed by atoms with E-state index in [1.807, 2.05) is 29.5 Å². The molecule has 25 heavy (non-hydrogen) atoms. The summed E-state index contributed by atoms with van der Waals surface area (Å²) in [6, 6.07) is 10.0. The Morgan fingerprint density at radius 1 is 1.40 bits per heavy atom. The monoisotopic (exact) mass is 357 g/mol. The van der Waals surface area contributed by atoms with Crippen LogP contribution in [0.15, 0.2) is 36.5 Å². The van der Waals surface area contributed by atoms with E-state index in [9.17, 15) is 4.79 Å². The van der Waals surface area contributed by atoms with Gasteiger partial charge in [0.2, 0.25) is 11.8 Å². The summed E-state index contributed by atoms with van der Waals surface area (Å²) in [5, 5.41) is 3.06. The lowest BCUT2D eigenvalue weighted by molar-refractivity contribution is -0.128. The smallest absolute Gasteiger partial charge is 0.228 e. The van der Waals surface area contributed by atoms with Gasteiger partial charge in [-0.25, -0.2) is 4.98 Å². The first-order chi connectivity index (χ1) is 12.2. The molecule has 2 aromatic rings. The molecule has 2 aliphatic heterocycles. The third-order valence-electron chi connectivity index (χ3n) is 5.37. The molecule has 2 aromatic heterocycles. The number of carbonyl (C=O) groups is 1. The van der Waals surface area contributed by atoms with Crippen LogP contribution in [0, 0.1) is 18.3 Å². The van der Waals surface area contributed by atoms with Crippen LogP contribution in [-0.2, 0) is 11.3 Å². The van der Waals surface area contributed by atoms with Crippen LogP contribution in [0.4, 0.5) is 0 Å². The number of nitrogens with one attached hydrogen (secondary N) is 1. The van der Waals surface area contributed by atoms with Crippen LogP contribution in [0.1, 0.15) is 16.2 Å². The van der Waals surface area contributed by atoms with Gasteiger partial charge in [-0.2, -0.15) is 0 Å². The number of likely N-dealkylation sites (tertiary alicyclic amines) is 1. The maximum atomic E-state index is 12.6. The highest BCUT2D eigenvalue weighted by atomic mass is 32.1. The first kappa shape index (κ1) is 16.5. The fourth-order valence-electron chi connectivity index (χ4n) is 3.97. The van der Waals surface area contributed by atoms with Gasteiger partial charge >= 0.3 is 0 Å². The number of pyridine rings is 1. The maximum Gasteiger partial charge on any atom is 0.228 e. The van der Waals surface area contributed by atoms with E-state index in [0.717, 1.165) is 26.1 Å². The van der Waals surface area contributed by atoms with Crippen molar-refractivity contribution in [2.75, 3.05) is 26.2 Å². The minimum absolute atomic E-state index is 0.187. The number of carbonyl (C=O) groups excluding carboxylic acids is 1. The molecule has 132 valence electrons. The molecule has 2 aliphatic rings. The molecular weight excluding hydrogens is 334 g/mol. The molecule has 4 heterocycles.